The Morgan fingerprint density at radius 2 is 1.21 bits per heavy atom. The molecule has 2 heteroatoms. The van der Waals surface area contributed by atoms with Crippen LogP contribution >= 0.6 is 0 Å². The second kappa shape index (κ2) is 9.03. The Morgan fingerprint density at radius 1 is 0.655 bits per heavy atom. The molecule has 4 aromatic carbocycles. The quantitative estimate of drug-likeness (QED) is 0.277. The van der Waals surface area contributed by atoms with Crippen LogP contribution in [0.2, 0.25) is 0 Å². The number of amidine groups is 1. The summed E-state index contributed by atoms with van der Waals surface area (Å²) in [5.41, 5.74) is 5.63. The Labute approximate surface area is 172 Å². The van der Waals surface area contributed by atoms with Gasteiger partial charge < -0.3 is 4.90 Å². The number of aryl methyl sites for hydroxylation is 1. The van der Waals surface area contributed by atoms with Crippen LogP contribution in [-0.2, 0) is 6.54 Å². The normalized spacial score (nSPS) is 11.3. The molecule has 0 bridgehead atoms. The minimum Gasteiger partial charge on any atom is -0.321 e. The van der Waals surface area contributed by atoms with E-state index >= 15 is 0 Å². The first-order valence-electron chi connectivity index (χ1n) is 9.87. The van der Waals surface area contributed by atoms with Crippen LogP contribution < -0.4 is 4.90 Å². The number of benzene rings is 4. The summed E-state index contributed by atoms with van der Waals surface area (Å²) in [7, 11) is 0. The van der Waals surface area contributed by atoms with Gasteiger partial charge in [0.25, 0.3) is 0 Å². The monoisotopic (exact) mass is 376 g/mol. The van der Waals surface area contributed by atoms with E-state index in [1.807, 2.05) is 12.1 Å². The molecule has 29 heavy (non-hydrogen) atoms. The zero-order valence-corrected chi connectivity index (χ0v) is 16.6. The molecule has 0 aliphatic rings. The van der Waals surface area contributed by atoms with Crippen molar-refractivity contribution in [2.24, 2.45) is 4.99 Å². The maximum atomic E-state index is 5.09. The summed E-state index contributed by atoms with van der Waals surface area (Å²) < 4.78 is 0. The van der Waals surface area contributed by atoms with E-state index in [-0.39, 0.29) is 0 Å². The third kappa shape index (κ3) is 4.80. The van der Waals surface area contributed by atoms with Gasteiger partial charge in [-0.1, -0.05) is 96.6 Å². The van der Waals surface area contributed by atoms with Gasteiger partial charge in [-0.2, -0.15) is 0 Å². The zero-order chi connectivity index (χ0) is 19.9. The molecular weight excluding hydrogens is 352 g/mol. The van der Waals surface area contributed by atoms with E-state index in [9.17, 15) is 0 Å². The van der Waals surface area contributed by atoms with Crippen molar-refractivity contribution in [1.29, 1.82) is 0 Å². The van der Waals surface area contributed by atoms with Gasteiger partial charge in [0.05, 0.1) is 5.69 Å². The van der Waals surface area contributed by atoms with Crippen molar-refractivity contribution in [3.8, 4) is 0 Å². The average molecular weight is 377 g/mol. The molecular formula is C27H24N2. The minimum atomic E-state index is 0.741. The SMILES string of the molecule is Cc1ccc(/N=C(\c2ccccc2)N(Cc2ccccc2)c2ccccc2)cc1. The number of hydrogen-bond donors (Lipinski definition) is 0. The lowest BCUT2D eigenvalue weighted by atomic mass is 10.1. The summed E-state index contributed by atoms with van der Waals surface area (Å²) in [6.45, 7) is 2.84. The van der Waals surface area contributed by atoms with Crippen LogP contribution in [0.15, 0.2) is 120 Å². The van der Waals surface area contributed by atoms with E-state index in [1.54, 1.807) is 0 Å². The molecule has 0 spiro atoms. The number of hydrogen-bond acceptors (Lipinski definition) is 1. The number of aliphatic imine (C=N–C) groups is 1. The Bertz CT molecular complexity index is 1050. The van der Waals surface area contributed by atoms with Crippen LogP contribution in [0.5, 0.6) is 0 Å². The molecule has 0 fully saturated rings. The second-order valence-electron chi connectivity index (χ2n) is 7.04. The predicted molar refractivity (Wildman–Crippen MR) is 123 cm³/mol. The van der Waals surface area contributed by atoms with Crippen molar-refractivity contribution < 1.29 is 0 Å². The van der Waals surface area contributed by atoms with E-state index in [0.29, 0.717) is 0 Å². The molecule has 0 amide bonds. The largest absolute Gasteiger partial charge is 0.321 e. The summed E-state index contributed by atoms with van der Waals surface area (Å²) in [6, 6.07) is 39.7. The highest BCUT2D eigenvalue weighted by atomic mass is 15.2. The van der Waals surface area contributed by atoms with E-state index in [1.165, 1.54) is 11.1 Å². The van der Waals surface area contributed by atoms with Crippen molar-refractivity contribution in [2.75, 3.05) is 4.90 Å². The number of rotatable bonds is 5. The second-order valence-corrected chi connectivity index (χ2v) is 7.04. The lowest BCUT2D eigenvalue weighted by molar-refractivity contribution is 1.00. The van der Waals surface area contributed by atoms with Crippen molar-refractivity contribution in [3.05, 3.63) is 132 Å². The highest BCUT2D eigenvalue weighted by Gasteiger charge is 2.16. The average Bonchev–Trinajstić information content (AvgIpc) is 2.79. The zero-order valence-electron chi connectivity index (χ0n) is 16.6. The molecule has 0 aliphatic heterocycles. The summed E-state index contributed by atoms with van der Waals surface area (Å²) in [5, 5.41) is 0. The molecule has 0 unspecified atom stereocenters. The first kappa shape index (κ1) is 18.7. The summed E-state index contributed by atoms with van der Waals surface area (Å²) in [4.78, 5) is 7.37. The van der Waals surface area contributed by atoms with Crippen LogP contribution in [-0.4, -0.2) is 5.84 Å². The molecule has 0 atom stereocenters. The molecule has 142 valence electrons. The van der Waals surface area contributed by atoms with E-state index < -0.39 is 0 Å². The van der Waals surface area contributed by atoms with Crippen LogP contribution in [0.1, 0.15) is 16.7 Å². The molecule has 0 aromatic heterocycles. The third-order valence-corrected chi connectivity index (χ3v) is 4.81. The van der Waals surface area contributed by atoms with Gasteiger partial charge in [0.15, 0.2) is 0 Å². The third-order valence-electron chi connectivity index (χ3n) is 4.81. The Balaban J connectivity index is 1.84. The van der Waals surface area contributed by atoms with Crippen molar-refractivity contribution in [1.82, 2.24) is 0 Å². The molecule has 2 nitrogen and oxygen atoms in total. The van der Waals surface area contributed by atoms with Gasteiger partial charge in [-0.05, 0) is 36.8 Å². The van der Waals surface area contributed by atoms with Gasteiger partial charge >= 0.3 is 0 Å². The van der Waals surface area contributed by atoms with E-state index in [2.05, 4.69) is 115 Å². The molecule has 0 heterocycles. The van der Waals surface area contributed by atoms with Crippen LogP contribution in [0.25, 0.3) is 0 Å². The molecule has 0 aliphatic carbocycles. The standard InChI is InChI=1S/C27H24N2/c1-22-17-19-25(20-18-22)28-27(24-13-7-3-8-14-24)29(26-15-9-4-10-16-26)21-23-11-5-2-6-12-23/h2-20H,21H2,1H3/b28-27+. The van der Waals surface area contributed by atoms with Crippen LogP contribution in [0.3, 0.4) is 0 Å². The fourth-order valence-corrected chi connectivity index (χ4v) is 3.27. The lowest BCUT2D eigenvalue weighted by Crippen LogP contribution is -2.31. The van der Waals surface area contributed by atoms with Gasteiger partial charge in [0.2, 0.25) is 0 Å². The Morgan fingerprint density at radius 3 is 1.83 bits per heavy atom. The van der Waals surface area contributed by atoms with Crippen molar-refractivity contribution >= 4 is 17.2 Å². The Hall–Kier alpha value is -3.65. The highest BCUT2D eigenvalue weighted by molar-refractivity contribution is 6.10. The summed E-state index contributed by atoms with van der Waals surface area (Å²) >= 11 is 0. The fourth-order valence-electron chi connectivity index (χ4n) is 3.27. The molecule has 0 N–H and O–H groups in total. The maximum absolute atomic E-state index is 5.09. The van der Waals surface area contributed by atoms with E-state index in [0.717, 1.165) is 29.3 Å². The first-order chi connectivity index (χ1) is 14.3. The Kier molecular flexibility index (Phi) is 5.82. The molecule has 0 saturated heterocycles. The van der Waals surface area contributed by atoms with E-state index in [4.69, 9.17) is 4.99 Å². The van der Waals surface area contributed by atoms with Gasteiger partial charge in [0.1, 0.15) is 5.84 Å². The topological polar surface area (TPSA) is 15.6 Å². The minimum absolute atomic E-state index is 0.741. The number of nitrogens with zero attached hydrogens (tertiary/aromatic N) is 2. The van der Waals surface area contributed by atoms with Gasteiger partial charge in [-0.3, -0.25) is 0 Å². The molecule has 0 radical (unpaired) electrons. The molecule has 4 rings (SSSR count). The smallest absolute Gasteiger partial charge is 0.141 e. The van der Waals surface area contributed by atoms with Crippen molar-refractivity contribution in [3.63, 3.8) is 0 Å². The van der Waals surface area contributed by atoms with Crippen molar-refractivity contribution in [2.45, 2.75) is 13.5 Å². The molecule has 4 aromatic rings. The van der Waals surface area contributed by atoms with Gasteiger partial charge in [0, 0.05) is 17.8 Å². The summed E-state index contributed by atoms with van der Waals surface area (Å²) in [6.07, 6.45) is 0. The van der Waals surface area contributed by atoms with Gasteiger partial charge in [-0.15, -0.1) is 0 Å². The number of para-hydroxylation sites is 1. The maximum Gasteiger partial charge on any atom is 0.141 e. The van der Waals surface area contributed by atoms with Gasteiger partial charge in [-0.25, -0.2) is 4.99 Å². The molecule has 0 saturated carbocycles. The number of anilines is 1. The lowest BCUT2D eigenvalue weighted by Gasteiger charge is -2.27. The fraction of sp³-hybridized carbons (Fsp3) is 0.0741. The highest BCUT2D eigenvalue weighted by Crippen LogP contribution is 2.24. The summed E-state index contributed by atoms with van der Waals surface area (Å²) in [5.74, 6) is 0.935. The van der Waals surface area contributed by atoms with Crippen LogP contribution in [0.4, 0.5) is 11.4 Å². The van der Waals surface area contributed by atoms with Crippen LogP contribution in [0, 0.1) is 6.92 Å². The first-order valence-corrected chi connectivity index (χ1v) is 9.87. The predicted octanol–water partition coefficient (Wildman–Crippen LogP) is 6.78.